The Balaban J connectivity index is 2.11. The Labute approximate surface area is 146 Å². The fraction of sp³-hybridized carbons (Fsp3) is 0.316. The third kappa shape index (κ3) is 4.58. The average molecular weight is 376 g/mol. The number of aryl methyl sites for hydroxylation is 1. The van der Waals surface area contributed by atoms with E-state index in [1.807, 2.05) is 49.4 Å². The number of rotatable bonds is 5. The molecule has 1 amide bonds. The summed E-state index contributed by atoms with van der Waals surface area (Å²) in [7, 11) is 0. The largest absolute Gasteiger partial charge is 0.481 e. The van der Waals surface area contributed by atoms with Crippen LogP contribution in [-0.2, 0) is 4.79 Å². The minimum absolute atomic E-state index is 0.149. The number of amides is 1. The van der Waals surface area contributed by atoms with E-state index in [0.29, 0.717) is 11.7 Å². The number of carbonyl (C=O) groups excluding carboxylic acids is 1. The van der Waals surface area contributed by atoms with Crippen LogP contribution in [0.15, 0.2) is 46.9 Å². The average Bonchev–Trinajstić information content (AvgIpc) is 2.51. The zero-order chi connectivity index (χ0) is 17.0. The van der Waals surface area contributed by atoms with Crippen molar-refractivity contribution in [1.82, 2.24) is 0 Å². The SMILES string of the molecule is Cc1cccc(C(C)C)c1NC(=O)C(C)Oc1ccc(Br)cc1. The molecular formula is C19H22BrNO2. The van der Waals surface area contributed by atoms with Gasteiger partial charge in [0.2, 0.25) is 0 Å². The third-order valence-corrected chi connectivity index (χ3v) is 4.20. The van der Waals surface area contributed by atoms with E-state index in [2.05, 4.69) is 35.1 Å². The first kappa shape index (κ1) is 17.5. The summed E-state index contributed by atoms with van der Waals surface area (Å²) in [5.41, 5.74) is 3.08. The molecule has 2 aromatic rings. The van der Waals surface area contributed by atoms with Gasteiger partial charge in [-0.1, -0.05) is 48.0 Å². The predicted octanol–water partition coefficient (Wildman–Crippen LogP) is 5.29. The van der Waals surface area contributed by atoms with Gasteiger partial charge in [-0.2, -0.15) is 0 Å². The Kier molecular flexibility index (Phi) is 5.83. The molecule has 0 aliphatic carbocycles. The smallest absolute Gasteiger partial charge is 0.265 e. The number of nitrogens with one attached hydrogen (secondary N) is 1. The quantitative estimate of drug-likeness (QED) is 0.770. The number of carbonyl (C=O) groups is 1. The molecule has 0 radical (unpaired) electrons. The van der Waals surface area contributed by atoms with Gasteiger partial charge in [0.1, 0.15) is 5.75 Å². The molecule has 3 nitrogen and oxygen atoms in total. The second-order valence-electron chi connectivity index (χ2n) is 5.90. The van der Waals surface area contributed by atoms with E-state index >= 15 is 0 Å². The molecule has 1 N–H and O–H groups in total. The maximum absolute atomic E-state index is 12.5. The van der Waals surface area contributed by atoms with Crippen LogP contribution in [0.5, 0.6) is 5.75 Å². The third-order valence-electron chi connectivity index (χ3n) is 3.67. The summed E-state index contributed by atoms with van der Waals surface area (Å²) < 4.78 is 6.69. The van der Waals surface area contributed by atoms with Gasteiger partial charge in [-0.15, -0.1) is 0 Å². The lowest BCUT2D eigenvalue weighted by molar-refractivity contribution is -0.122. The topological polar surface area (TPSA) is 38.3 Å². The van der Waals surface area contributed by atoms with E-state index in [0.717, 1.165) is 21.3 Å². The van der Waals surface area contributed by atoms with Crippen LogP contribution in [0.2, 0.25) is 0 Å². The van der Waals surface area contributed by atoms with Crippen molar-refractivity contribution in [2.24, 2.45) is 0 Å². The van der Waals surface area contributed by atoms with E-state index in [1.165, 1.54) is 0 Å². The molecule has 0 fully saturated rings. The highest BCUT2D eigenvalue weighted by Crippen LogP contribution is 2.27. The van der Waals surface area contributed by atoms with Gasteiger partial charge < -0.3 is 10.1 Å². The fourth-order valence-electron chi connectivity index (χ4n) is 2.34. The normalized spacial score (nSPS) is 12.1. The van der Waals surface area contributed by atoms with Crippen LogP contribution in [0.1, 0.15) is 37.8 Å². The van der Waals surface area contributed by atoms with Crippen LogP contribution in [-0.4, -0.2) is 12.0 Å². The number of benzene rings is 2. The molecule has 0 aliphatic heterocycles. The van der Waals surface area contributed by atoms with E-state index < -0.39 is 6.10 Å². The van der Waals surface area contributed by atoms with Crippen LogP contribution < -0.4 is 10.1 Å². The monoisotopic (exact) mass is 375 g/mol. The number of para-hydroxylation sites is 1. The Bertz CT molecular complexity index is 680. The van der Waals surface area contributed by atoms with Crippen molar-refractivity contribution < 1.29 is 9.53 Å². The highest BCUT2D eigenvalue weighted by molar-refractivity contribution is 9.10. The summed E-state index contributed by atoms with van der Waals surface area (Å²) in [5.74, 6) is 0.863. The fourth-order valence-corrected chi connectivity index (χ4v) is 2.60. The first-order chi connectivity index (χ1) is 10.9. The number of anilines is 1. The molecule has 2 rings (SSSR count). The molecule has 0 aliphatic rings. The molecule has 1 unspecified atom stereocenters. The van der Waals surface area contributed by atoms with Gasteiger partial charge >= 0.3 is 0 Å². The molecule has 2 aromatic carbocycles. The summed E-state index contributed by atoms with van der Waals surface area (Å²) in [4.78, 5) is 12.5. The lowest BCUT2D eigenvalue weighted by Gasteiger charge is -2.19. The van der Waals surface area contributed by atoms with Gasteiger partial charge in [-0.25, -0.2) is 0 Å². The highest BCUT2D eigenvalue weighted by Gasteiger charge is 2.18. The van der Waals surface area contributed by atoms with E-state index in [9.17, 15) is 4.79 Å². The Morgan fingerprint density at radius 3 is 2.35 bits per heavy atom. The molecule has 1 atom stereocenters. The van der Waals surface area contributed by atoms with Gasteiger partial charge in [0.05, 0.1) is 0 Å². The standard InChI is InChI=1S/C19H22BrNO2/c1-12(2)17-7-5-6-13(3)18(17)21-19(22)14(4)23-16-10-8-15(20)9-11-16/h5-12,14H,1-4H3,(H,21,22). The second-order valence-corrected chi connectivity index (χ2v) is 6.81. The molecular weight excluding hydrogens is 354 g/mol. The van der Waals surface area contributed by atoms with Gasteiger partial charge in [-0.3, -0.25) is 4.79 Å². The van der Waals surface area contributed by atoms with Crippen molar-refractivity contribution in [2.75, 3.05) is 5.32 Å². The van der Waals surface area contributed by atoms with Gasteiger partial charge in [0, 0.05) is 10.2 Å². The lowest BCUT2D eigenvalue weighted by Crippen LogP contribution is -2.30. The van der Waals surface area contributed by atoms with E-state index in [-0.39, 0.29) is 5.91 Å². The van der Waals surface area contributed by atoms with Crippen molar-refractivity contribution in [2.45, 2.75) is 39.7 Å². The minimum Gasteiger partial charge on any atom is -0.481 e. The van der Waals surface area contributed by atoms with Gasteiger partial charge in [0.15, 0.2) is 6.10 Å². The molecule has 0 saturated heterocycles. The molecule has 23 heavy (non-hydrogen) atoms. The molecule has 4 heteroatoms. The Hall–Kier alpha value is -1.81. The summed E-state index contributed by atoms with van der Waals surface area (Å²) in [6.07, 6.45) is -0.573. The minimum atomic E-state index is -0.573. The van der Waals surface area contributed by atoms with Crippen LogP contribution >= 0.6 is 15.9 Å². The molecule has 0 aromatic heterocycles. The first-order valence-electron chi connectivity index (χ1n) is 7.71. The predicted molar refractivity (Wildman–Crippen MR) is 98.1 cm³/mol. The zero-order valence-corrected chi connectivity index (χ0v) is 15.5. The molecule has 122 valence electrons. The summed E-state index contributed by atoms with van der Waals surface area (Å²) in [6, 6.07) is 13.5. The maximum Gasteiger partial charge on any atom is 0.265 e. The molecule has 0 spiro atoms. The highest BCUT2D eigenvalue weighted by atomic mass is 79.9. The first-order valence-corrected chi connectivity index (χ1v) is 8.50. The zero-order valence-electron chi connectivity index (χ0n) is 13.9. The van der Waals surface area contributed by atoms with Crippen LogP contribution in [0, 0.1) is 6.92 Å². The van der Waals surface area contributed by atoms with Crippen molar-refractivity contribution in [3.8, 4) is 5.75 Å². The van der Waals surface area contributed by atoms with Gasteiger partial charge in [-0.05, 0) is 55.2 Å². The van der Waals surface area contributed by atoms with Gasteiger partial charge in [0.25, 0.3) is 5.91 Å². The Morgan fingerprint density at radius 2 is 1.74 bits per heavy atom. The molecule has 0 saturated carbocycles. The number of hydrogen-bond acceptors (Lipinski definition) is 2. The van der Waals surface area contributed by atoms with Crippen LogP contribution in [0.4, 0.5) is 5.69 Å². The van der Waals surface area contributed by atoms with Crippen molar-refractivity contribution in [3.63, 3.8) is 0 Å². The van der Waals surface area contributed by atoms with E-state index in [1.54, 1.807) is 6.92 Å². The number of ether oxygens (including phenoxy) is 1. The summed E-state index contributed by atoms with van der Waals surface area (Å²) >= 11 is 3.38. The summed E-state index contributed by atoms with van der Waals surface area (Å²) in [6.45, 7) is 7.99. The van der Waals surface area contributed by atoms with E-state index in [4.69, 9.17) is 4.74 Å². The van der Waals surface area contributed by atoms with Crippen LogP contribution in [0.3, 0.4) is 0 Å². The molecule has 0 heterocycles. The van der Waals surface area contributed by atoms with Crippen LogP contribution in [0.25, 0.3) is 0 Å². The number of halogens is 1. The second kappa shape index (κ2) is 7.64. The Morgan fingerprint density at radius 1 is 1.09 bits per heavy atom. The van der Waals surface area contributed by atoms with Crippen molar-refractivity contribution in [1.29, 1.82) is 0 Å². The number of hydrogen-bond donors (Lipinski definition) is 1. The maximum atomic E-state index is 12.5. The van der Waals surface area contributed by atoms with Crippen molar-refractivity contribution >= 4 is 27.5 Å². The summed E-state index contributed by atoms with van der Waals surface area (Å²) in [5, 5.41) is 3.02. The molecule has 0 bridgehead atoms. The lowest BCUT2D eigenvalue weighted by atomic mass is 9.98. The van der Waals surface area contributed by atoms with Crippen molar-refractivity contribution in [3.05, 3.63) is 58.1 Å².